The van der Waals surface area contributed by atoms with Crippen molar-refractivity contribution in [1.29, 1.82) is 0 Å². The molecule has 254 valence electrons. The summed E-state index contributed by atoms with van der Waals surface area (Å²) in [6.45, 7) is 4.42. The van der Waals surface area contributed by atoms with Gasteiger partial charge in [-0.2, -0.15) is 0 Å². The molecule has 1 saturated heterocycles. The highest BCUT2D eigenvalue weighted by Crippen LogP contribution is 2.52. The van der Waals surface area contributed by atoms with E-state index >= 15 is 0 Å². The van der Waals surface area contributed by atoms with Gasteiger partial charge in [0, 0.05) is 29.9 Å². The van der Waals surface area contributed by atoms with E-state index in [2.05, 4.69) is 36.1 Å². The molecule has 48 heavy (non-hydrogen) atoms. The smallest absolute Gasteiger partial charge is 0.326 e. The lowest BCUT2D eigenvalue weighted by molar-refractivity contribution is -0.143. The number of aromatic nitrogens is 1. The maximum Gasteiger partial charge on any atom is 0.326 e. The molecule has 1 aromatic heterocycles. The lowest BCUT2D eigenvalue weighted by Crippen LogP contribution is -2.36. The molecule has 0 spiro atoms. The highest BCUT2D eigenvalue weighted by atomic mass is 32.2. The molecule has 2 atom stereocenters. The number of nitrogens with zero attached hydrogens (tertiary/aromatic N) is 3. The minimum atomic E-state index is -0.517. The minimum Gasteiger partial charge on any atom is -0.497 e. The van der Waals surface area contributed by atoms with Crippen LogP contribution in [0.4, 0.5) is 11.4 Å². The fourth-order valence-electron chi connectivity index (χ4n) is 7.13. The fraction of sp³-hybridized carbons (Fsp3) is 0.459. The summed E-state index contributed by atoms with van der Waals surface area (Å²) >= 11 is 8.08. The summed E-state index contributed by atoms with van der Waals surface area (Å²) in [5.74, 6) is 0.526. The van der Waals surface area contributed by atoms with Crippen molar-refractivity contribution in [2.24, 2.45) is 0 Å². The van der Waals surface area contributed by atoms with Gasteiger partial charge in [-0.3, -0.25) is 23.9 Å². The van der Waals surface area contributed by atoms with E-state index in [-0.39, 0.29) is 24.6 Å². The third-order valence-corrected chi connectivity index (χ3v) is 12.1. The Hall–Kier alpha value is -3.41. The quantitative estimate of drug-likeness (QED) is 0.115. The van der Waals surface area contributed by atoms with E-state index in [9.17, 15) is 14.4 Å². The third-order valence-electron chi connectivity index (χ3n) is 9.45. The Kier molecular flexibility index (Phi) is 11.1. The minimum absolute atomic E-state index is 0.201. The number of benzene rings is 2. The molecule has 0 radical (unpaired) electrons. The molecule has 2 unspecified atom stereocenters. The van der Waals surface area contributed by atoms with Crippen LogP contribution in [0.3, 0.4) is 0 Å². The average Bonchev–Trinajstić information content (AvgIpc) is 3.82. The molecule has 0 N–H and O–H groups in total. The van der Waals surface area contributed by atoms with Gasteiger partial charge in [0.1, 0.15) is 26.2 Å². The fourth-order valence-corrected chi connectivity index (χ4v) is 9.70. The first-order chi connectivity index (χ1) is 23.3. The lowest BCUT2D eigenvalue weighted by atomic mass is 9.96. The number of methoxy groups -OCH3 is 1. The van der Waals surface area contributed by atoms with Crippen LogP contribution in [0.25, 0.3) is 11.0 Å². The Morgan fingerprint density at radius 3 is 2.54 bits per heavy atom. The van der Waals surface area contributed by atoms with Crippen LogP contribution < -0.4 is 24.4 Å². The number of carbonyl (C=O) groups excluding carboxylic acids is 2. The van der Waals surface area contributed by atoms with E-state index in [1.165, 1.54) is 64.6 Å². The summed E-state index contributed by atoms with van der Waals surface area (Å²) < 4.78 is 13.4. The van der Waals surface area contributed by atoms with Crippen LogP contribution in [0.15, 0.2) is 47.3 Å². The van der Waals surface area contributed by atoms with Gasteiger partial charge in [0.2, 0.25) is 0 Å². The predicted molar refractivity (Wildman–Crippen MR) is 199 cm³/mol. The zero-order valence-electron chi connectivity index (χ0n) is 27.9. The van der Waals surface area contributed by atoms with E-state index in [1.807, 2.05) is 24.3 Å². The van der Waals surface area contributed by atoms with Gasteiger partial charge in [-0.15, -0.1) is 11.3 Å². The van der Waals surface area contributed by atoms with Gasteiger partial charge in [-0.25, -0.2) is 0 Å². The van der Waals surface area contributed by atoms with Crippen LogP contribution in [0.1, 0.15) is 88.7 Å². The molecule has 11 heteroatoms. The van der Waals surface area contributed by atoms with Gasteiger partial charge < -0.3 is 14.4 Å². The summed E-state index contributed by atoms with van der Waals surface area (Å²) in [5.41, 5.74) is 4.23. The van der Waals surface area contributed by atoms with Crippen LogP contribution in [0.2, 0.25) is 0 Å². The second-order valence-electron chi connectivity index (χ2n) is 12.5. The number of amides is 1. The van der Waals surface area contributed by atoms with Crippen LogP contribution in [0.5, 0.6) is 5.75 Å². The summed E-state index contributed by atoms with van der Waals surface area (Å²) in [6, 6.07) is 15.0. The SMILES string of the molecule is CCCCCCCCN1C(=O)C(=c2sc(=Cc3ccc4c(c3)C3CCCC3N4c3ccc(OC)cc3)c(=O)n2CC(=O)OCC)SC1=S. The molecule has 1 amide bonds. The molecule has 3 aromatic rings. The molecular weight excluding hydrogens is 663 g/mol. The number of fused-ring (bicyclic) bond motifs is 3. The van der Waals surface area contributed by atoms with Crippen molar-refractivity contribution in [1.82, 2.24) is 9.47 Å². The highest BCUT2D eigenvalue weighted by molar-refractivity contribution is 8.30. The Morgan fingerprint density at radius 1 is 1.02 bits per heavy atom. The maximum atomic E-state index is 13.9. The molecule has 3 aliphatic rings. The molecule has 0 bridgehead atoms. The van der Waals surface area contributed by atoms with Gasteiger partial charge in [0.15, 0.2) is 0 Å². The van der Waals surface area contributed by atoms with Gasteiger partial charge in [0.05, 0.1) is 18.2 Å². The third kappa shape index (κ3) is 7.00. The van der Waals surface area contributed by atoms with Gasteiger partial charge >= 0.3 is 5.97 Å². The summed E-state index contributed by atoms with van der Waals surface area (Å²) in [4.78, 5) is 44.7. The van der Waals surface area contributed by atoms with E-state index in [4.69, 9.17) is 21.7 Å². The highest BCUT2D eigenvalue weighted by Gasteiger charge is 2.42. The van der Waals surface area contributed by atoms with E-state index in [0.29, 0.717) is 36.9 Å². The standard InChI is InChI=1S/C37H43N3O5S3/c1-4-6-7-8-9-10-20-38-35(43)33(48-37(38)46)36-39(23-32(41)45-5-2)34(42)31(47-36)22-24-14-19-30-28(21-24)27-12-11-13-29(27)40(30)25-15-17-26(44-3)18-16-25/h14-19,21-22,27,29H,4-13,20,23H2,1-3H3. The normalized spacial score (nSPS) is 20.1. The Morgan fingerprint density at radius 2 is 1.79 bits per heavy atom. The summed E-state index contributed by atoms with van der Waals surface area (Å²) in [6.07, 6.45) is 12.0. The van der Waals surface area contributed by atoms with Crippen LogP contribution in [-0.2, 0) is 20.9 Å². The predicted octanol–water partition coefficient (Wildman–Crippen LogP) is 6.43. The average molecular weight is 706 g/mol. The molecule has 2 aliphatic heterocycles. The number of hydrogen-bond acceptors (Lipinski definition) is 9. The number of hydrogen-bond donors (Lipinski definition) is 0. The number of esters is 1. The molecule has 1 aliphatic carbocycles. The van der Waals surface area contributed by atoms with Crippen molar-refractivity contribution in [3.63, 3.8) is 0 Å². The lowest BCUT2D eigenvalue weighted by Gasteiger charge is -2.27. The number of carbonyl (C=O) groups is 2. The number of unbranched alkanes of at least 4 members (excludes halogenated alkanes) is 5. The maximum absolute atomic E-state index is 13.9. The molecule has 8 nitrogen and oxygen atoms in total. The number of thiocarbonyl (C=S) groups is 1. The zero-order chi connectivity index (χ0) is 33.8. The molecule has 2 aromatic carbocycles. The monoisotopic (exact) mass is 705 g/mol. The number of thioether (sulfide) groups is 1. The first-order valence-corrected chi connectivity index (χ1v) is 19.1. The first kappa shape index (κ1) is 34.5. The number of anilines is 2. The number of ether oxygens (including phenoxy) is 2. The largest absolute Gasteiger partial charge is 0.497 e. The molecule has 3 heterocycles. The summed E-state index contributed by atoms with van der Waals surface area (Å²) in [7, 11) is 1.68. The van der Waals surface area contributed by atoms with Crippen molar-refractivity contribution in [2.75, 3.05) is 25.2 Å². The van der Waals surface area contributed by atoms with Crippen molar-refractivity contribution in [3.8, 4) is 5.75 Å². The van der Waals surface area contributed by atoms with Crippen molar-refractivity contribution in [3.05, 3.63) is 73.1 Å². The van der Waals surface area contributed by atoms with E-state index < -0.39 is 5.97 Å². The van der Waals surface area contributed by atoms with Crippen molar-refractivity contribution < 1.29 is 19.1 Å². The number of rotatable bonds is 13. The number of thiazole rings is 1. The molecule has 2 fully saturated rings. The van der Waals surface area contributed by atoms with Gasteiger partial charge in [-0.05, 0) is 79.8 Å². The zero-order valence-corrected chi connectivity index (χ0v) is 30.3. The second-order valence-corrected chi connectivity index (χ2v) is 15.2. The second kappa shape index (κ2) is 15.4. The van der Waals surface area contributed by atoms with Crippen molar-refractivity contribution >= 4 is 73.9 Å². The van der Waals surface area contributed by atoms with Crippen LogP contribution in [-0.4, -0.2) is 52.0 Å². The first-order valence-electron chi connectivity index (χ1n) is 17.1. The summed E-state index contributed by atoms with van der Waals surface area (Å²) in [5, 5.41) is 0. The Labute approximate surface area is 295 Å². The Bertz CT molecular complexity index is 1870. The molecule has 6 rings (SSSR count). The molecular formula is C37H43N3O5S3. The van der Waals surface area contributed by atoms with E-state index in [0.717, 1.165) is 49.1 Å². The van der Waals surface area contributed by atoms with E-state index in [1.54, 1.807) is 18.9 Å². The topological polar surface area (TPSA) is 81.1 Å². The van der Waals surface area contributed by atoms with Gasteiger partial charge in [0.25, 0.3) is 11.5 Å². The van der Waals surface area contributed by atoms with Gasteiger partial charge in [-0.1, -0.05) is 75.5 Å². The van der Waals surface area contributed by atoms with Crippen molar-refractivity contribution in [2.45, 2.75) is 90.1 Å². The molecule has 1 saturated carbocycles. The van der Waals surface area contributed by atoms with Crippen LogP contribution in [0, 0.1) is 0 Å². The Balaban J connectivity index is 1.35. The van der Waals surface area contributed by atoms with Crippen LogP contribution >= 0.6 is 35.3 Å².